The first-order valence-electron chi connectivity index (χ1n) is 7.30. The molecule has 0 aliphatic heterocycles. The van der Waals surface area contributed by atoms with E-state index in [2.05, 4.69) is 6.92 Å². The molecule has 1 rings (SSSR count). The zero-order valence-electron chi connectivity index (χ0n) is 13.2. The molecule has 0 bridgehead atoms. The Morgan fingerprint density at radius 2 is 1.76 bits per heavy atom. The van der Waals surface area contributed by atoms with Crippen molar-refractivity contribution in [1.29, 1.82) is 0 Å². The lowest BCUT2D eigenvalue weighted by Gasteiger charge is -2.30. The van der Waals surface area contributed by atoms with Gasteiger partial charge in [-0.15, -0.1) is 0 Å². The molecule has 1 N–H and O–H groups in total. The average Bonchev–Trinajstić information content (AvgIpc) is 2.41. The number of aromatic carboxylic acids is 1. The van der Waals surface area contributed by atoms with Crippen LogP contribution in [0.3, 0.4) is 0 Å². The maximum Gasteiger partial charge on any atom is 0.339 e. The Morgan fingerprint density at radius 3 is 2.24 bits per heavy atom. The molecule has 1 atom stereocenters. The van der Waals surface area contributed by atoms with E-state index in [1.165, 1.54) is 12.1 Å². The zero-order chi connectivity index (χ0) is 16.0. The second-order valence-electron chi connectivity index (χ2n) is 6.25. The predicted octanol–water partition coefficient (Wildman–Crippen LogP) is 4.15. The highest BCUT2D eigenvalue weighted by molar-refractivity contribution is 6.02. The summed E-state index contributed by atoms with van der Waals surface area (Å²) in [4.78, 5) is 23.5. The fraction of sp³-hybridized carbons (Fsp3) is 0.529. The van der Waals surface area contributed by atoms with E-state index in [-0.39, 0.29) is 22.6 Å². The quantitative estimate of drug-likeness (QED) is 0.800. The Kier molecular flexibility index (Phi) is 5.94. The Hall–Kier alpha value is -1.84. The van der Waals surface area contributed by atoms with Crippen molar-refractivity contribution in [2.45, 2.75) is 53.1 Å². The molecule has 0 spiro atoms. The summed E-state index contributed by atoms with van der Waals surface area (Å²) < 4.78 is 5.59. The third kappa shape index (κ3) is 4.88. The molecule has 0 saturated carbocycles. The van der Waals surface area contributed by atoms with Gasteiger partial charge in [-0.3, -0.25) is 0 Å². The SMILES string of the molecule is CCCC[C@H](OC(=O)c1ccccc1C(=O)O)C(C)(C)C. The number of esters is 1. The smallest absolute Gasteiger partial charge is 0.339 e. The molecule has 1 aromatic carbocycles. The van der Waals surface area contributed by atoms with Crippen LogP contribution in [-0.2, 0) is 4.74 Å². The van der Waals surface area contributed by atoms with E-state index in [4.69, 9.17) is 9.84 Å². The largest absolute Gasteiger partial charge is 0.478 e. The van der Waals surface area contributed by atoms with Gasteiger partial charge >= 0.3 is 11.9 Å². The molecule has 0 fully saturated rings. The number of unbranched alkanes of at least 4 members (excludes halogenated alkanes) is 1. The van der Waals surface area contributed by atoms with Gasteiger partial charge in [0.05, 0.1) is 11.1 Å². The molecule has 0 amide bonds. The van der Waals surface area contributed by atoms with Crippen LogP contribution in [0.15, 0.2) is 24.3 Å². The maximum atomic E-state index is 12.3. The van der Waals surface area contributed by atoms with E-state index in [9.17, 15) is 9.59 Å². The Bertz CT molecular complexity index is 500. The summed E-state index contributed by atoms with van der Waals surface area (Å²) in [5, 5.41) is 9.14. The number of carboxylic acids is 1. The first kappa shape index (κ1) is 17.2. The van der Waals surface area contributed by atoms with Crippen molar-refractivity contribution >= 4 is 11.9 Å². The number of carbonyl (C=O) groups is 2. The molecule has 4 heteroatoms. The summed E-state index contributed by atoms with van der Waals surface area (Å²) in [5.74, 6) is -1.69. The second-order valence-corrected chi connectivity index (χ2v) is 6.25. The zero-order valence-corrected chi connectivity index (χ0v) is 13.2. The van der Waals surface area contributed by atoms with Gasteiger partial charge in [-0.05, 0) is 24.0 Å². The Labute approximate surface area is 126 Å². The van der Waals surface area contributed by atoms with Crippen LogP contribution in [0.1, 0.15) is 67.7 Å². The maximum absolute atomic E-state index is 12.3. The Balaban J connectivity index is 2.95. The summed E-state index contributed by atoms with van der Waals surface area (Å²) in [6, 6.07) is 6.14. The first-order chi connectivity index (χ1) is 9.77. The molecule has 0 aromatic heterocycles. The number of rotatable bonds is 6. The number of ether oxygens (including phenoxy) is 1. The standard InChI is InChI=1S/C17H24O4/c1-5-6-11-14(17(2,3)4)21-16(20)13-10-8-7-9-12(13)15(18)19/h7-10,14H,5-6,11H2,1-4H3,(H,18,19)/t14-/m0/s1. The van der Waals surface area contributed by atoms with Crippen molar-refractivity contribution in [2.75, 3.05) is 0 Å². The van der Waals surface area contributed by atoms with E-state index >= 15 is 0 Å². The van der Waals surface area contributed by atoms with Gasteiger partial charge in [0.2, 0.25) is 0 Å². The van der Waals surface area contributed by atoms with Crippen LogP contribution in [0.5, 0.6) is 0 Å². The summed E-state index contributed by atoms with van der Waals surface area (Å²) in [6.07, 6.45) is 2.54. The van der Waals surface area contributed by atoms with Gasteiger partial charge in [-0.25, -0.2) is 9.59 Å². The monoisotopic (exact) mass is 292 g/mol. The topological polar surface area (TPSA) is 63.6 Å². The molecule has 1 aromatic rings. The minimum Gasteiger partial charge on any atom is -0.478 e. The van der Waals surface area contributed by atoms with E-state index in [0.717, 1.165) is 19.3 Å². The number of hydrogen-bond donors (Lipinski definition) is 1. The van der Waals surface area contributed by atoms with Crippen molar-refractivity contribution in [2.24, 2.45) is 5.41 Å². The van der Waals surface area contributed by atoms with Crippen LogP contribution in [0.25, 0.3) is 0 Å². The van der Waals surface area contributed by atoms with Crippen molar-refractivity contribution in [3.8, 4) is 0 Å². The van der Waals surface area contributed by atoms with Crippen LogP contribution < -0.4 is 0 Å². The lowest BCUT2D eigenvalue weighted by molar-refractivity contribution is -0.00696. The van der Waals surface area contributed by atoms with Crippen molar-refractivity contribution < 1.29 is 19.4 Å². The third-order valence-electron chi connectivity index (χ3n) is 3.41. The number of benzene rings is 1. The molecule has 0 heterocycles. The molecular formula is C17H24O4. The van der Waals surface area contributed by atoms with E-state index < -0.39 is 11.9 Å². The minimum absolute atomic E-state index is 0.0225. The highest BCUT2D eigenvalue weighted by Gasteiger charge is 2.29. The van der Waals surface area contributed by atoms with E-state index in [1.807, 2.05) is 20.8 Å². The number of hydrogen-bond acceptors (Lipinski definition) is 3. The molecule has 0 saturated heterocycles. The van der Waals surface area contributed by atoms with Crippen molar-refractivity contribution in [1.82, 2.24) is 0 Å². The average molecular weight is 292 g/mol. The van der Waals surface area contributed by atoms with Gasteiger partial charge in [0.1, 0.15) is 6.10 Å². The molecular weight excluding hydrogens is 268 g/mol. The van der Waals surface area contributed by atoms with Gasteiger partial charge in [0.25, 0.3) is 0 Å². The van der Waals surface area contributed by atoms with Gasteiger partial charge in [0.15, 0.2) is 0 Å². The van der Waals surface area contributed by atoms with Crippen LogP contribution in [0.2, 0.25) is 0 Å². The van der Waals surface area contributed by atoms with Gasteiger partial charge in [-0.1, -0.05) is 52.7 Å². The molecule has 0 aliphatic carbocycles. The molecule has 116 valence electrons. The van der Waals surface area contributed by atoms with Gasteiger partial charge < -0.3 is 9.84 Å². The number of carbonyl (C=O) groups excluding carboxylic acids is 1. The summed E-state index contributed by atoms with van der Waals surface area (Å²) in [7, 11) is 0. The van der Waals surface area contributed by atoms with Gasteiger partial charge in [-0.2, -0.15) is 0 Å². The lowest BCUT2D eigenvalue weighted by atomic mass is 9.86. The summed E-state index contributed by atoms with van der Waals surface area (Å²) >= 11 is 0. The van der Waals surface area contributed by atoms with E-state index in [1.54, 1.807) is 12.1 Å². The predicted molar refractivity (Wildman–Crippen MR) is 81.6 cm³/mol. The van der Waals surface area contributed by atoms with Gasteiger partial charge in [0, 0.05) is 0 Å². The number of carboxylic acid groups (broad SMARTS) is 1. The Morgan fingerprint density at radius 1 is 1.19 bits per heavy atom. The third-order valence-corrected chi connectivity index (χ3v) is 3.41. The normalized spacial score (nSPS) is 12.8. The van der Waals surface area contributed by atoms with Crippen LogP contribution in [0.4, 0.5) is 0 Å². The van der Waals surface area contributed by atoms with Crippen LogP contribution in [-0.4, -0.2) is 23.1 Å². The van der Waals surface area contributed by atoms with Crippen LogP contribution >= 0.6 is 0 Å². The molecule has 0 aliphatic rings. The molecule has 0 unspecified atom stereocenters. The lowest BCUT2D eigenvalue weighted by Crippen LogP contribution is -2.32. The molecule has 4 nitrogen and oxygen atoms in total. The van der Waals surface area contributed by atoms with E-state index in [0.29, 0.717) is 0 Å². The molecule has 0 radical (unpaired) electrons. The highest BCUT2D eigenvalue weighted by atomic mass is 16.5. The first-order valence-corrected chi connectivity index (χ1v) is 7.30. The molecule has 21 heavy (non-hydrogen) atoms. The van der Waals surface area contributed by atoms with Crippen molar-refractivity contribution in [3.05, 3.63) is 35.4 Å². The second kappa shape index (κ2) is 7.25. The highest BCUT2D eigenvalue weighted by Crippen LogP contribution is 2.27. The summed E-state index contributed by atoms with van der Waals surface area (Å²) in [5.41, 5.74) is -0.0930. The van der Waals surface area contributed by atoms with Crippen LogP contribution in [0, 0.1) is 5.41 Å². The minimum atomic E-state index is -1.12. The fourth-order valence-electron chi connectivity index (χ4n) is 2.10. The van der Waals surface area contributed by atoms with Crippen molar-refractivity contribution in [3.63, 3.8) is 0 Å². The summed E-state index contributed by atoms with van der Waals surface area (Å²) in [6.45, 7) is 8.14. The fourth-order valence-corrected chi connectivity index (χ4v) is 2.10.